The molecule has 0 amide bonds. The van der Waals surface area contributed by atoms with Gasteiger partial charge in [-0.2, -0.15) is 5.26 Å². The number of hydrogen-bond acceptors (Lipinski definition) is 6. The third-order valence-electron chi connectivity index (χ3n) is 5.20. The zero-order valence-corrected chi connectivity index (χ0v) is 18.1. The molecule has 160 valence electrons. The Morgan fingerprint density at radius 3 is 2.53 bits per heavy atom. The Morgan fingerprint density at radius 1 is 1.12 bits per heavy atom. The van der Waals surface area contributed by atoms with E-state index in [9.17, 15) is 10.1 Å². The van der Waals surface area contributed by atoms with Gasteiger partial charge in [0, 0.05) is 11.6 Å². The summed E-state index contributed by atoms with van der Waals surface area (Å²) in [4.78, 5) is 12.6. The summed E-state index contributed by atoms with van der Waals surface area (Å²) in [5.74, 6) is 0.219. The van der Waals surface area contributed by atoms with Crippen LogP contribution in [-0.4, -0.2) is 13.1 Å². The van der Waals surface area contributed by atoms with Gasteiger partial charge < -0.3 is 19.9 Å². The highest BCUT2D eigenvalue weighted by Gasteiger charge is 2.31. The zero-order valence-electron chi connectivity index (χ0n) is 17.4. The second-order valence-electron chi connectivity index (χ2n) is 7.27. The maximum Gasteiger partial charge on any atom is 0.343 e. The van der Waals surface area contributed by atoms with Crippen molar-refractivity contribution in [3.8, 4) is 23.3 Å². The van der Waals surface area contributed by atoms with Gasteiger partial charge in [0.25, 0.3) is 0 Å². The molecule has 4 rings (SSSR count). The zero-order chi connectivity index (χ0) is 22.8. The molecule has 0 aromatic heterocycles. The molecule has 0 bridgehead atoms. The number of ether oxygens (including phenoxy) is 3. The fourth-order valence-corrected chi connectivity index (χ4v) is 3.82. The highest BCUT2D eigenvalue weighted by molar-refractivity contribution is 6.32. The van der Waals surface area contributed by atoms with Crippen molar-refractivity contribution in [2.75, 3.05) is 7.11 Å². The third-order valence-corrected chi connectivity index (χ3v) is 5.49. The highest BCUT2D eigenvalue weighted by Crippen LogP contribution is 2.43. The SMILES string of the molecule is COc1ccc(C(=O)Oc2ccc3c(c2)OC(N)=C(C#N)C3c2ccc(C)cc2)cc1Cl. The van der Waals surface area contributed by atoms with Gasteiger partial charge in [0.05, 0.1) is 23.6 Å². The minimum absolute atomic E-state index is 0.0241. The number of nitriles is 1. The number of esters is 1. The minimum atomic E-state index is -0.582. The summed E-state index contributed by atoms with van der Waals surface area (Å²) in [7, 11) is 1.49. The fourth-order valence-electron chi connectivity index (χ4n) is 3.56. The van der Waals surface area contributed by atoms with Crippen LogP contribution in [0.3, 0.4) is 0 Å². The Bertz CT molecular complexity index is 1280. The van der Waals surface area contributed by atoms with E-state index in [2.05, 4.69) is 6.07 Å². The Kier molecular flexibility index (Phi) is 5.76. The third kappa shape index (κ3) is 3.98. The van der Waals surface area contributed by atoms with Gasteiger partial charge in [-0.05, 0) is 36.8 Å². The van der Waals surface area contributed by atoms with E-state index in [1.165, 1.54) is 13.2 Å². The fraction of sp³-hybridized carbons (Fsp3) is 0.120. The van der Waals surface area contributed by atoms with Crippen molar-refractivity contribution in [2.45, 2.75) is 12.8 Å². The molecule has 1 aliphatic rings. The predicted molar refractivity (Wildman–Crippen MR) is 120 cm³/mol. The molecular formula is C25H19ClN2O4. The quantitative estimate of drug-likeness (QED) is 0.443. The molecule has 1 atom stereocenters. The van der Waals surface area contributed by atoms with Crippen molar-refractivity contribution in [3.05, 3.63) is 99.4 Å². The number of nitrogens with two attached hydrogens (primary N) is 1. The molecule has 3 aromatic rings. The van der Waals surface area contributed by atoms with Crippen LogP contribution in [0.2, 0.25) is 5.02 Å². The van der Waals surface area contributed by atoms with Gasteiger partial charge in [-0.1, -0.05) is 47.5 Å². The summed E-state index contributed by atoms with van der Waals surface area (Å²) >= 11 is 6.10. The Morgan fingerprint density at radius 2 is 1.88 bits per heavy atom. The van der Waals surface area contributed by atoms with Gasteiger partial charge >= 0.3 is 5.97 Å². The van der Waals surface area contributed by atoms with Crippen LogP contribution in [0.4, 0.5) is 0 Å². The molecule has 0 radical (unpaired) electrons. The molecule has 3 aromatic carbocycles. The number of benzene rings is 3. The molecule has 0 saturated heterocycles. The molecule has 32 heavy (non-hydrogen) atoms. The number of nitrogens with zero attached hydrogens (tertiary/aromatic N) is 1. The Balaban J connectivity index is 1.66. The molecule has 1 unspecified atom stereocenters. The topological polar surface area (TPSA) is 94.6 Å². The molecule has 1 heterocycles. The predicted octanol–water partition coefficient (Wildman–Crippen LogP) is 5.09. The molecule has 6 nitrogen and oxygen atoms in total. The molecule has 0 aliphatic carbocycles. The lowest BCUT2D eigenvalue weighted by Crippen LogP contribution is -2.21. The van der Waals surface area contributed by atoms with Crippen molar-refractivity contribution >= 4 is 17.6 Å². The van der Waals surface area contributed by atoms with Crippen molar-refractivity contribution in [3.63, 3.8) is 0 Å². The van der Waals surface area contributed by atoms with Gasteiger partial charge in [-0.3, -0.25) is 0 Å². The maximum atomic E-state index is 12.6. The van der Waals surface area contributed by atoms with Gasteiger partial charge in [0.1, 0.15) is 28.9 Å². The van der Waals surface area contributed by atoms with Gasteiger partial charge in [0.2, 0.25) is 5.88 Å². The first-order valence-electron chi connectivity index (χ1n) is 9.75. The van der Waals surface area contributed by atoms with Gasteiger partial charge in [-0.25, -0.2) is 4.79 Å². The molecule has 0 saturated carbocycles. The van der Waals surface area contributed by atoms with E-state index in [1.54, 1.807) is 30.3 Å². The maximum absolute atomic E-state index is 12.6. The number of methoxy groups -OCH3 is 1. The number of aryl methyl sites for hydroxylation is 1. The molecule has 1 aliphatic heterocycles. The average Bonchev–Trinajstić information content (AvgIpc) is 2.78. The lowest BCUT2D eigenvalue weighted by Gasteiger charge is -2.26. The molecular weight excluding hydrogens is 428 g/mol. The van der Waals surface area contributed by atoms with E-state index in [-0.39, 0.29) is 23.1 Å². The standard InChI is InChI=1S/C25H19ClN2O4/c1-14-3-5-15(6-4-14)23-18-9-8-17(12-22(18)32-24(28)19(23)13-27)31-25(29)16-7-10-21(30-2)20(26)11-16/h3-12,23H,28H2,1-2H3. The summed E-state index contributed by atoms with van der Waals surface area (Å²) in [5, 5.41) is 9.98. The van der Waals surface area contributed by atoms with Crippen LogP contribution in [0.1, 0.15) is 33.0 Å². The van der Waals surface area contributed by atoms with Crippen molar-refractivity contribution in [1.82, 2.24) is 0 Å². The van der Waals surface area contributed by atoms with Crippen molar-refractivity contribution < 1.29 is 19.0 Å². The summed E-state index contributed by atoms with van der Waals surface area (Å²) < 4.78 is 16.3. The highest BCUT2D eigenvalue weighted by atomic mass is 35.5. The first-order valence-corrected chi connectivity index (χ1v) is 10.1. The lowest BCUT2D eigenvalue weighted by molar-refractivity contribution is 0.0734. The second kappa shape index (κ2) is 8.66. The van der Waals surface area contributed by atoms with Gasteiger partial charge in [0.15, 0.2) is 0 Å². The summed E-state index contributed by atoms with van der Waals surface area (Å²) in [6, 6.07) is 19.7. The van der Waals surface area contributed by atoms with Crippen LogP contribution < -0.4 is 19.9 Å². The summed E-state index contributed by atoms with van der Waals surface area (Å²) in [6.45, 7) is 1.99. The largest absolute Gasteiger partial charge is 0.495 e. The smallest absolute Gasteiger partial charge is 0.343 e. The minimum Gasteiger partial charge on any atom is -0.495 e. The number of allylic oxidation sites excluding steroid dienone is 1. The van der Waals surface area contributed by atoms with E-state index in [1.807, 2.05) is 31.2 Å². The number of fused-ring (bicyclic) bond motifs is 1. The van der Waals surface area contributed by atoms with Gasteiger partial charge in [-0.15, -0.1) is 0 Å². The monoisotopic (exact) mass is 446 g/mol. The van der Waals surface area contributed by atoms with Crippen LogP contribution in [-0.2, 0) is 0 Å². The number of carbonyl (C=O) groups is 1. The average molecular weight is 447 g/mol. The lowest BCUT2D eigenvalue weighted by atomic mass is 9.83. The number of carbonyl (C=O) groups excluding carboxylic acids is 1. The van der Waals surface area contributed by atoms with Crippen LogP contribution in [0, 0.1) is 18.3 Å². The van der Waals surface area contributed by atoms with E-state index in [0.29, 0.717) is 22.1 Å². The van der Waals surface area contributed by atoms with Crippen molar-refractivity contribution in [1.29, 1.82) is 5.26 Å². The molecule has 0 spiro atoms. The number of halogens is 1. The molecule has 0 fully saturated rings. The van der Waals surface area contributed by atoms with Crippen LogP contribution >= 0.6 is 11.6 Å². The number of rotatable bonds is 4. The molecule has 7 heteroatoms. The van der Waals surface area contributed by atoms with Crippen LogP contribution in [0.25, 0.3) is 0 Å². The van der Waals surface area contributed by atoms with E-state index < -0.39 is 5.97 Å². The second-order valence-corrected chi connectivity index (χ2v) is 7.68. The van der Waals surface area contributed by atoms with E-state index in [0.717, 1.165) is 16.7 Å². The first-order chi connectivity index (χ1) is 15.4. The Hall–Kier alpha value is -3.95. The van der Waals surface area contributed by atoms with E-state index in [4.69, 9.17) is 31.5 Å². The summed E-state index contributed by atoms with van der Waals surface area (Å²) in [5.41, 5.74) is 9.44. The molecule has 2 N–H and O–H groups in total. The van der Waals surface area contributed by atoms with Crippen LogP contribution in [0.15, 0.2) is 72.1 Å². The van der Waals surface area contributed by atoms with Crippen LogP contribution in [0.5, 0.6) is 17.2 Å². The normalized spacial score (nSPS) is 14.8. The Labute approximate surface area is 190 Å². The first kappa shape index (κ1) is 21.3. The van der Waals surface area contributed by atoms with E-state index >= 15 is 0 Å². The number of hydrogen-bond donors (Lipinski definition) is 1. The van der Waals surface area contributed by atoms with Crippen molar-refractivity contribution in [2.24, 2.45) is 5.73 Å². The summed E-state index contributed by atoms with van der Waals surface area (Å²) in [6.07, 6.45) is 0.